The van der Waals surface area contributed by atoms with Crippen LogP contribution in [-0.2, 0) is 7.05 Å². The van der Waals surface area contributed by atoms with E-state index in [9.17, 15) is 0 Å². The quantitative estimate of drug-likeness (QED) is 0.177. The van der Waals surface area contributed by atoms with Crippen LogP contribution in [0.2, 0.25) is 13.1 Å². The Hall–Kier alpha value is -4.02. The molecule has 0 saturated heterocycles. The van der Waals surface area contributed by atoms with Crippen molar-refractivity contribution in [2.24, 2.45) is 7.05 Å². The number of furan rings is 1. The van der Waals surface area contributed by atoms with Gasteiger partial charge in [0, 0.05) is 22.9 Å². The van der Waals surface area contributed by atoms with Crippen molar-refractivity contribution < 1.29 is 13.4 Å². The molecule has 38 heavy (non-hydrogen) atoms. The molecule has 0 N–H and O–H groups in total. The molecule has 6 rings (SSSR count). The Morgan fingerprint density at radius 1 is 0.711 bits per heavy atom. The largest absolute Gasteiger partial charge is 0.454 e. The second kappa shape index (κ2) is 9.07. The third-order valence-electron chi connectivity index (χ3n) is 7.92. The van der Waals surface area contributed by atoms with Crippen molar-refractivity contribution in [1.82, 2.24) is 0 Å². The standard InChI is InChI=1S/C34H31FNOSi/c1-22-19-20-36(3)30(21-22)31-23(2)11-16-27-28-17-18-29(35)32(34(28)37-33(27)31)24-12-14-26(15-13-24)38(4,5)25-9-7-6-8-10-25/h6-21H,1-5H3/q+1. The Morgan fingerprint density at radius 2 is 1.34 bits per heavy atom. The zero-order valence-corrected chi connectivity index (χ0v) is 23.5. The summed E-state index contributed by atoms with van der Waals surface area (Å²) >= 11 is 0. The van der Waals surface area contributed by atoms with Gasteiger partial charge in [0.05, 0.1) is 11.1 Å². The number of halogens is 1. The van der Waals surface area contributed by atoms with E-state index in [0.717, 1.165) is 38.7 Å². The van der Waals surface area contributed by atoms with Gasteiger partial charge in [0.15, 0.2) is 6.20 Å². The first-order valence-corrected chi connectivity index (χ1v) is 16.0. The van der Waals surface area contributed by atoms with Crippen molar-refractivity contribution in [3.8, 4) is 22.4 Å². The van der Waals surface area contributed by atoms with Crippen molar-refractivity contribution in [1.29, 1.82) is 0 Å². The number of pyridine rings is 1. The molecule has 0 atom stereocenters. The molecule has 0 aliphatic heterocycles. The molecule has 2 heterocycles. The Balaban J connectivity index is 1.54. The molecule has 0 aliphatic rings. The van der Waals surface area contributed by atoms with Gasteiger partial charge in [-0.05, 0) is 42.7 Å². The van der Waals surface area contributed by atoms with Crippen LogP contribution in [0.4, 0.5) is 4.39 Å². The molecule has 4 heteroatoms. The second-order valence-electron chi connectivity index (χ2n) is 10.8. The van der Waals surface area contributed by atoms with E-state index in [0.29, 0.717) is 11.1 Å². The summed E-state index contributed by atoms with van der Waals surface area (Å²) in [5.41, 5.74) is 7.15. The highest BCUT2D eigenvalue weighted by molar-refractivity contribution is 7.00. The van der Waals surface area contributed by atoms with Gasteiger partial charge in [0.1, 0.15) is 32.1 Å². The lowest BCUT2D eigenvalue weighted by Gasteiger charge is -2.24. The normalized spacial score (nSPS) is 11.9. The predicted molar refractivity (Wildman–Crippen MR) is 158 cm³/mol. The van der Waals surface area contributed by atoms with Gasteiger partial charge in [-0.2, -0.15) is 0 Å². The molecule has 0 spiro atoms. The first-order chi connectivity index (χ1) is 18.3. The molecule has 0 fully saturated rings. The van der Waals surface area contributed by atoms with Gasteiger partial charge >= 0.3 is 0 Å². The number of aromatic nitrogens is 1. The summed E-state index contributed by atoms with van der Waals surface area (Å²) in [6.07, 6.45) is 2.07. The van der Waals surface area contributed by atoms with Crippen molar-refractivity contribution in [2.45, 2.75) is 26.9 Å². The Kier molecular flexibility index (Phi) is 5.80. The molecule has 4 aromatic carbocycles. The summed E-state index contributed by atoms with van der Waals surface area (Å²) < 4.78 is 24.2. The summed E-state index contributed by atoms with van der Waals surface area (Å²) in [4.78, 5) is 0. The van der Waals surface area contributed by atoms with Crippen LogP contribution >= 0.6 is 0 Å². The van der Waals surface area contributed by atoms with Crippen LogP contribution in [0, 0.1) is 19.7 Å². The molecule has 0 amide bonds. The highest BCUT2D eigenvalue weighted by Gasteiger charge is 2.27. The summed E-state index contributed by atoms with van der Waals surface area (Å²) in [5, 5.41) is 4.62. The van der Waals surface area contributed by atoms with E-state index in [1.54, 1.807) is 6.07 Å². The number of nitrogens with zero attached hydrogens (tertiary/aromatic N) is 1. The van der Waals surface area contributed by atoms with Crippen LogP contribution in [0.5, 0.6) is 0 Å². The van der Waals surface area contributed by atoms with Crippen LogP contribution in [0.3, 0.4) is 0 Å². The minimum Gasteiger partial charge on any atom is -0.454 e. The smallest absolute Gasteiger partial charge is 0.216 e. The fourth-order valence-corrected chi connectivity index (χ4v) is 7.92. The molecule has 0 aliphatic carbocycles. The van der Waals surface area contributed by atoms with E-state index in [1.807, 2.05) is 25.2 Å². The topological polar surface area (TPSA) is 17.0 Å². The van der Waals surface area contributed by atoms with E-state index < -0.39 is 8.07 Å². The summed E-state index contributed by atoms with van der Waals surface area (Å²) in [5.74, 6) is -0.275. The van der Waals surface area contributed by atoms with Crippen molar-refractivity contribution >= 4 is 40.4 Å². The van der Waals surface area contributed by atoms with E-state index in [-0.39, 0.29) is 5.82 Å². The van der Waals surface area contributed by atoms with Crippen LogP contribution in [0.15, 0.2) is 102 Å². The molecule has 0 saturated carbocycles. The summed E-state index contributed by atoms with van der Waals surface area (Å²) in [6, 6.07) is 31.0. The first-order valence-electron chi connectivity index (χ1n) is 13.0. The van der Waals surface area contributed by atoms with E-state index >= 15 is 4.39 Å². The fourth-order valence-electron chi connectivity index (χ4n) is 5.56. The third-order valence-corrected chi connectivity index (χ3v) is 11.5. The Labute approximate surface area is 224 Å². The maximum absolute atomic E-state index is 15.5. The summed E-state index contributed by atoms with van der Waals surface area (Å²) in [6.45, 7) is 8.90. The van der Waals surface area contributed by atoms with Crippen LogP contribution < -0.4 is 14.9 Å². The monoisotopic (exact) mass is 516 g/mol. The average molecular weight is 517 g/mol. The first kappa shape index (κ1) is 24.3. The third kappa shape index (κ3) is 3.88. The number of rotatable bonds is 4. The second-order valence-corrected chi connectivity index (χ2v) is 15.2. The van der Waals surface area contributed by atoms with E-state index in [4.69, 9.17) is 4.42 Å². The highest BCUT2D eigenvalue weighted by Crippen LogP contribution is 2.41. The lowest BCUT2D eigenvalue weighted by molar-refractivity contribution is -0.660. The molecule has 0 radical (unpaired) electrons. The zero-order chi connectivity index (χ0) is 26.6. The number of benzene rings is 4. The minimum atomic E-state index is -1.85. The molecule has 6 aromatic rings. The number of hydrogen-bond acceptors (Lipinski definition) is 1. The van der Waals surface area contributed by atoms with Gasteiger partial charge in [-0.3, -0.25) is 0 Å². The Bertz CT molecular complexity index is 1820. The molecular weight excluding hydrogens is 485 g/mol. The zero-order valence-electron chi connectivity index (χ0n) is 22.5. The van der Waals surface area contributed by atoms with Crippen LogP contribution in [0.25, 0.3) is 44.3 Å². The SMILES string of the molecule is Cc1cc[n+](C)c(-c2c(C)ccc3c2oc2c(-c4ccc([Si](C)(C)c5ccccc5)cc4)c(F)ccc23)c1. The lowest BCUT2D eigenvalue weighted by atomic mass is 9.98. The van der Waals surface area contributed by atoms with Crippen molar-refractivity contribution in [3.05, 3.63) is 114 Å². The molecule has 0 bridgehead atoms. The van der Waals surface area contributed by atoms with Crippen molar-refractivity contribution in [3.63, 3.8) is 0 Å². The van der Waals surface area contributed by atoms with Crippen LogP contribution in [0.1, 0.15) is 11.1 Å². The average Bonchev–Trinajstić information content (AvgIpc) is 3.29. The lowest BCUT2D eigenvalue weighted by Crippen LogP contribution is -2.52. The number of hydrogen-bond donors (Lipinski definition) is 0. The Morgan fingerprint density at radius 3 is 2.05 bits per heavy atom. The molecular formula is C34H31FNOSi+. The fraction of sp³-hybridized carbons (Fsp3) is 0.147. The molecule has 0 unspecified atom stereocenters. The predicted octanol–water partition coefficient (Wildman–Crippen LogP) is 7.32. The van der Waals surface area contributed by atoms with Crippen molar-refractivity contribution in [2.75, 3.05) is 0 Å². The highest BCUT2D eigenvalue weighted by atomic mass is 28.3. The number of aryl methyl sites for hydroxylation is 3. The number of fused-ring (bicyclic) bond motifs is 3. The maximum atomic E-state index is 15.5. The summed E-state index contributed by atoms with van der Waals surface area (Å²) in [7, 11) is 0.190. The van der Waals surface area contributed by atoms with Gasteiger partial charge in [0.2, 0.25) is 5.69 Å². The maximum Gasteiger partial charge on any atom is 0.216 e. The van der Waals surface area contributed by atoms with E-state index in [2.05, 4.69) is 104 Å². The van der Waals surface area contributed by atoms with Gasteiger partial charge in [-0.25, -0.2) is 8.96 Å². The van der Waals surface area contributed by atoms with E-state index in [1.165, 1.54) is 15.9 Å². The molecule has 188 valence electrons. The van der Waals surface area contributed by atoms with Gasteiger partial charge in [-0.1, -0.05) is 90.2 Å². The molecule has 2 nitrogen and oxygen atoms in total. The van der Waals surface area contributed by atoms with Gasteiger partial charge in [-0.15, -0.1) is 0 Å². The molecule has 2 aromatic heterocycles. The van der Waals surface area contributed by atoms with Gasteiger partial charge in [0.25, 0.3) is 0 Å². The van der Waals surface area contributed by atoms with Gasteiger partial charge < -0.3 is 4.42 Å². The van der Waals surface area contributed by atoms with Crippen LogP contribution in [-0.4, -0.2) is 8.07 Å². The minimum absolute atomic E-state index is 0.275.